The van der Waals surface area contributed by atoms with Crippen molar-refractivity contribution in [2.45, 2.75) is 64.7 Å². The fourth-order valence-electron chi connectivity index (χ4n) is 5.45. The van der Waals surface area contributed by atoms with Crippen LogP contribution < -0.4 is 5.32 Å². The molecule has 3 nitrogen and oxygen atoms in total. The van der Waals surface area contributed by atoms with E-state index in [0.29, 0.717) is 5.92 Å². The van der Waals surface area contributed by atoms with Crippen LogP contribution in [0.1, 0.15) is 73.6 Å². The molecular formula is C33H36N2O. The second-order valence-corrected chi connectivity index (χ2v) is 10.2. The zero-order chi connectivity index (χ0) is 24.9. The maximum atomic E-state index is 13.1. The van der Waals surface area contributed by atoms with Crippen LogP contribution in [0.2, 0.25) is 0 Å². The molecule has 1 N–H and O–H groups in total. The molecule has 0 saturated carbocycles. The summed E-state index contributed by atoms with van der Waals surface area (Å²) in [6.45, 7) is 5.31. The Bertz CT molecular complexity index is 1280. The number of hydrogen-bond acceptors (Lipinski definition) is 2. The van der Waals surface area contributed by atoms with Crippen molar-refractivity contribution in [2.75, 3.05) is 11.9 Å². The Kier molecular flexibility index (Phi) is 7.46. The van der Waals surface area contributed by atoms with Crippen LogP contribution in [0.4, 0.5) is 5.69 Å². The predicted molar refractivity (Wildman–Crippen MR) is 152 cm³/mol. The molecule has 1 heterocycles. The molecule has 0 aromatic heterocycles. The Balaban J connectivity index is 1.29. The van der Waals surface area contributed by atoms with E-state index in [4.69, 9.17) is 4.99 Å². The molecule has 5 rings (SSSR count). The van der Waals surface area contributed by atoms with Crippen molar-refractivity contribution < 1.29 is 4.79 Å². The summed E-state index contributed by atoms with van der Waals surface area (Å²) in [5.41, 5.74) is 10.4. The van der Waals surface area contributed by atoms with Gasteiger partial charge in [-0.1, -0.05) is 67.4 Å². The normalized spacial score (nSPS) is 16.3. The highest BCUT2D eigenvalue weighted by Crippen LogP contribution is 2.31. The van der Waals surface area contributed by atoms with Crippen molar-refractivity contribution >= 4 is 23.4 Å². The van der Waals surface area contributed by atoms with Gasteiger partial charge in [0, 0.05) is 29.4 Å². The average molecular weight is 477 g/mol. The van der Waals surface area contributed by atoms with Crippen LogP contribution in [0.3, 0.4) is 0 Å². The van der Waals surface area contributed by atoms with Gasteiger partial charge in [-0.25, -0.2) is 0 Å². The number of rotatable bonds is 6. The maximum absolute atomic E-state index is 13.1. The number of amides is 1. The lowest BCUT2D eigenvalue weighted by Gasteiger charge is -2.19. The van der Waals surface area contributed by atoms with Crippen LogP contribution in [0.25, 0.3) is 17.2 Å². The van der Waals surface area contributed by atoms with Crippen LogP contribution in [0.5, 0.6) is 0 Å². The minimum absolute atomic E-state index is 0.00526. The fraction of sp³-hybridized carbons (Fsp3) is 0.333. The topological polar surface area (TPSA) is 41.5 Å². The third kappa shape index (κ3) is 5.51. The Morgan fingerprint density at radius 1 is 0.889 bits per heavy atom. The molecule has 184 valence electrons. The molecule has 3 heteroatoms. The largest absolute Gasteiger partial charge is 0.322 e. The second-order valence-electron chi connectivity index (χ2n) is 10.2. The highest BCUT2D eigenvalue weighted by molar-refractivity contribution is 6.07. The van der Waals surface area contributed by atoms with Crippen LogP contribution in [0.15, 0.2) is 77.3 Å². The van der Waals surface area contributed by atoms with E-state index in [1.165, 1.54) is 52.8 Å². The van der Waals surface area contributed by atoms with E-state index >= 15 is 0 Å². The average Bonchev–Trinajstić information content (AvgIpc) is 3.19. The van der Waals surface area contributed by atoms with Crippen molar-refractivity contribution in [3.05, 3.63) is 94.6 Å². The molecule has 3 aromatic rings. The summed E-state index contributed by atoms with van der Waals surface area (Å²) in [5.74, 6) is 0.377. The number of carbonyl (C=O) groups is 1. The summed E-state index contributed by atoms with van der Waals surface area (Å²) < 4.78 is 0. The smallest absolute Gasteiger partial charge is 0.251 e. The number of hydrogen-bond donors (Lipinski definition) is 1. The molecule has 0 bridgehead atoms. The van der Waals surface area contributed by atoms with E-state index < -0.39 is 0 Å². The lowest BCUT2D eigenvalue weighted by atomic mass is 9.88. The number of benzene rings is 3. The molecule has 1 amide bonds. The van der Waals surface area contributed by atoms with Crippen LogP contribution in [-0.2, 0) is 11.2 Å². The van der Waals surface area contributed by atoms with E-state index in [1.54, 1.807) is 0 Å². The molecular weight excluding hydrogens is 440 g/mol. The Morgan fingerprint density at radius 3 is 2.44 bits per heavy atom. The first-order valence-corrected chi connectivity index (χ1v) is 13.5. The fourth-order valence-corrected chi connectivity index (χ4v) is 5.45. The summed E-state index contributed by atoms with van der Waals surface area (Å²) in [6.07, 6.45) is 9.62. The number of carbonyl (C=O) groups excluding carboxylic acids is 1. The SMILES string of the molecule is CCC(C1=NCCCCC1)c1ccc(NC(=O)C2=Cc3cc(-c4ccc(C)cc4)ccc3CC2)cc1. The molecule has 1 aliphatic heterocycles. The minimum Gasteiger partial charge on any atom is -0.322 e. The second kappa shape index (κ2) is 11.1. The summed E-state index contributed by atoms with van der Waals surface area (Å²) in [4.78, 5) is 18.0. The van der Waals surface area contributed by atoms with Crippen molar-refractivity contribution in [3.63, 3.8) is 0 Å². The van der Waals surface area contributed by atoms with Crippen molar-refractivity contribution in [1.82, 2.24) is 0 Å². The number of fused-ring (bicyclic) bond motifs is 1. The molecule has 1 unspecified atom stereocenters. The van der Waals surface area contributed by atoms with Gasteiger partial charge in [-0.05, 0) is 97.5 Å². The molecule has 0 radical (unpaired) electrons. The third-order valence-electron chi connectivity index (χ3n) is 7.60. The first kappa shape index (κ1) is 24.2. The van der Waals surface area contributed by atoms with Crippen molar-refractivity contribution in [3.8, 4) is 11.1 Å². The predicted octanol–water partition coefficient (Wildman–Crippen LogP) is 8.14. The van der Waals surface area contributed by atoms with Gasteiger partial charge in [0.15, 0.2) is 0 Å². The van der Waals surface area contributed by atoms with Crippen LogP contribution >= 0.6 is 0 Å². The minimum atomic E-state index is -0.00526. The van der Waals surface area contributed by atoms with Gasteiger partial charge in [0.1, 0.15) is 0 Å². The molecule has 1 aliphatic carbocycles. The number of nitrogens with zero attached hydrogens (tertiary/aromatic N) is 1. The molecule has 0 saturated heterocycles. The third-order valence-corrected chi connectivity index (χ3v) is 7.60. The maximum Gasteiger partial charge on any atom is 0.251 e. The van der Waals surface area contributed by atoms with E-state index in [1.807, 2.05) is 12.1 Å². The van der Waals surface area contributed by atoms with Gasteiger partial charge < -0.3 is 5.32 Å². The number of aliphatic imine (C=N–C) groups is 1. The summed E-state index contributed by atoms with van der Waals surface area (Å²) in [6, 6.07) is 23.6. The van der Waals surface area contributed by atoms with E-state index in [9.17, 15) is 4.79 Å². The Labute approximate surface area is 215 Å². The van der Waals surface area contributed by atoms with Crippen LogP contribution in [-0.4, -0.2) is 18.2 Å². The Hall–Kier alpha value is -3.46. The monoisotopic (exact) mass is 476 g/mol. The highest BCUT2D eigenvalue weighted by atomic mass is 16.1. The van der Waals surface area contributed by atoms with E-state index in [-0.39, 0.29) is 5.91 Å². The molecule has 2 aliphatic rings. The number of aryl methyl sites for hydroxylation is 2. The molecule has 0 spiro atoms. The van der Waals surface area contributed by atoms with Gasteiger partial charge in [0.05, 0.1) is 0 Å². The quantitative estimate of drug-likeness (QED) is 0.383. The first-order chi connectivity index (χ1) is 17.6. The van der Waals surface area contributed by atoms with Gasteiger partial charge >= 0.3 is 0 Å². The molecule has 1 atom stereocenters. The lowest BCUT2D eigenvalue weighted by molar-refractivity contribution is -0.112. The lowest BCUT2D eigenvalue weighted by Crippen LogP contribution is -2.17. The Morgan fingerprint density at radius 2 is 1.67 bits per heavy atom. The standard InChI is InChI=1S/C33H36N2O/c1-3-31(32-7-5-4-6-20-34-32)26-16-18-30(19-17-26)35-33(36)28-15-13-25-12-14-27(21-29(25)22-28)24-10-8-23(2)9-11-24/h8-12,14,16-19,21-22,31H,3-7,13,15,20H2,1-2H3,(H,35,36). The van der Waals surface area contributed by atoms with Gasteiger partial charge in [0.25, 0.3) is 5.91 Å². The summed E-state index contributed by atoms with van der Waals surface area (Å²) in [7, 11) is 0. The van der Waals surface area contributed by atoms with Gasteiger partial charge in [-0.2, -0.15) is 0 Å². The van der Waals surface area contributed by atoms with E-state index in [0.717, 1.165) is 49.1 Å². The highest BCUT2D eigenvalue weighted by Gasteiger charge is 2.19. The van der Waals surface area contributed by atoms with Gasteiger partial charge in [-0.15, -0.1) is 0 Å². The van der Waals surface area contributed by atoms with Crippen molar-refractivity contribution in [1.29, 1.82) is 0 Å². The zero-order valence-corrected chi connectivity index (χ0v) is 21.5. The zero-order valence-electron chi connectivity index (χ0n) is 21.5. The number of nitrogens with one attached hydrogen (secondary N) is 1. The molecule has 36 heavy (non-hydrogen) atoms. The summed E-state index contributed by atoms with van der Waals surface area (Å²) >= 11 is 0. The number of anilines is 1. The molecule has 0 fully saturated rings. The summed E-state index contributed by atoms with van der Waals surface area (Å²) in [5, 5.41) is 3.13. The van der Waals surface area contributed by atoms with E-state index in [2.05, 4.69) is 79.8 Å². The molecule has 3 aromatic carbocycles. The van der Waals surface area contributed by atoms with Crippen molar-refractivity contribution in [2.24, 2.45) is 4.99 Å². The van der Waals surface area contributed by atoms with Crippen LogP contribution in [0, 0.1) is 6.92 Å². The van der Waals surface area contributed by atoms with Gasteiger partial charge in [0.2, 0.25) is 0 Å². The first-order valence-electron chi connectivity index (χ1n) is 13.5. The van der Waals surface area contributed by atoms with Gasteiger partial charge in [-0.3, -0.25) is 9.79 Å².